The second-order valence-corrected chi connectivity index (χ2v) is 6.06. The summed E-state index contributed by atoms with van der Waals surface area (Å²) in [6, 6.07) is 16.1. The van der Waals surface area contributed by atoms with E-state index in [-0.39, 0.29) is 16.7 Å². The van der Waals surface area contributed by atoms with Gasteiger partial charge in [-0.05, 0) is 47.9 Å². The van der Waals surface area contributed by atoms with E-state index in [1.165, 1.54) is 18.2 Å². The van der Waals surface area contributed by atoms with E-state index in [1.807, 2.05) is 13.8 Å². The van der Waals surface area contributed by atoms with Gasteiger partial charge in [0.2, 0.25) is 0 Å². The van der Waals surface area contributed by atoms with Gasteiger partial charge in [0, 0.05) is 23.1 Å². The summed E-state index contributed by atoms with van der Waals surface area (Å²) in [4.78, 5) is 23.2. The summed E-state index contributed by atoms with van der Waals surface area (Å²) in [6.07, 6.45) is 0.356. The number of phenols is 1. The Hall–Kier alpha value is -3.60. The number of carboxylic acids is 1. The highest BCUT2D eigenvalue weighted by Crippen LogP contribution is 2.35. The number of aromatic hydroxyl groups is 1. The normalized spacial score (nSPS) is 10.5. The molecule has 0 atom stereocenters. The van der Waals surface area contributed by atoms with Crippen molar-refractivity contribution in [3.63, 3.8) is 0 Å². The quantitative estimate of drug-likeness (QED) is 0.496. The summed E-state index contributed by atoms with van der Waals surface area (Å²) in [5.74, 6) is -0.538. The Balaban J connectivity index is 0.00000109. The largest absolute Gasteiger partial charge is 0.508 e. The van der Waals surface area contributed by atoms with Crippen LogP contribution in [0, 0.1) is 0 Å². The SMILES string of the molecule is CC.O=C(O)c1ccccc1Cc1c2ccc(=O)cc-2oc2cc(O)ccc12. The summed E-state index contributed by atoms with van der Waals surface area (Å²) >= 11 is 0. The van der Waals surface area contributed by atoms with Gasteiger partial charge in [-0.3, -0.25) is 4.79 Å². The van der Waals surface area contributed by atoms with Crippen LogP contribution in [0.5, 0.6) is 5.75 Å². The van der Waals surface area contributed by atoms with E-state index in [2.05, 4.69) is 0 Å². The molecule has 2 aliphatic rings. The van der Waals surface area contributed by atoms with E-state index >= 15 is 0 Å². The zero-order valence-electron chi connectivity index (χ0n) is 15.6. The lowest BCUT2D eigenvalue weighted by Gasteiger charge is -2.15. The molecule has 2 aromatic rings. The van der Waals surface area contributed by atoms with Gasteiger partial charge >= 0.3 is 5.97 Å². The molecule has 28 heavy (non-hydrogen) atoms. The molecule has 0 amide bonds. The molecule has 1 aliphatic heterocycles. The minimum absolute atomic E-state index is 0.0516. The lowest BCUT2D eigenvalue weighted by Crippen LogP contribution is -2.05. The van der Waals surface area contributed by atoms with Crippen molar-refractivity contribution in [2.24, 2.45) is 0 Å². The number of phenolic OH excluding ortho intramolecular Hbond substituents is 1. The smallest absolute Gasteiger partial charge is 0.335 e. The highest BCUT2D eigenvalue weighted by Gasteiger charge is 2.18. The van der Waals surface area contributed by atoms with Crippen molar-refractivity contribution < 1.29 is 19.4 Å². The summed E-state index contributed by atoms with van der Waals surface area (Å²) in [5.41, 5.74) is 2.73. The predicted molar refractivity (Wildman–Crippen MR) is 108 cm³/mol. The van der Waals surface area contributed by atoms with Crippen LogP contribution < -0.4 is 5.43 Å². The third-order valence-electron chi connectivity index (χ3n) is 4.40. The van der Waals surface area contributed by atoms with Gasteiger partial charge in [-0.25, -0.2) is 4.79 Å². The van der Waals surface area contributed by atoms with Gasteiger partial charge in [-0.15, -0.1) is 0 Å². The van der Waals surface area contributed by atoms with Crippen LogP contribution in [0.2, 0.25) is 0 Å². The summed E-state index contributed by atoms with van der Waals surface area (Å²) in [6.45, 7) is 4.00. The molecule has 5 nitrogen and oxygen atoms in total. The van der Waals surface area contributed by atoms with Crippen molar-refractivity contribution in [1.82, 2.24) is 0 Å². The second kappa shape index (κ2) is 7.96. The molecule has 1 heterocycles. The molecule has 2 N–H and O–H groups in total. The Kier molecular flexibility index (Phi) is 5.45. The van der Waals surface area contributed by atoms with Crippen molar-refractivity contribution in [1.29, 1.82) is 0 Å². The highest BCUT2D eigenvalue weighted by molar-refractivity contribution is 5.92. The Morgan fingerprint density at radius 2 is 1.75 bits per heavy atom. The lowest BCUT2D eigenvalue weighted by molar-refractivity contribution is 0.0696. The first kappa shape index (κ1) is 19.2. The number of hydrogen-bond acceptors (Lipinski definition) is 4. The van der Waals surface area contributed by atoms with Gasteiger partial charge in [0.1, 0.15) is 17.1 Å². The minimum atomic E-state index is -0.991. The third-order valence-corrected chi connectivity index (χ3v) is 4.40. The number of aromatic carboxylic acids is 1. The van der Waals surface area contributed by atoms with Crippen LogP contribution in [0.4, 0.5) is 0 Å². The van der Waals surface area contributed by atoms with E-state index in [1.54, 1.807) is 42.5 Å². The zero-order chi connectivity index (χ0) is 20.3. The van der Waals surface area contributed by atoms with E-state index < -0.39 is 5.97 Å². The predicted octanol–water partition coefficient (Wildman–Crippen LogP) is 4.92. The number of benzene rings is 3. The van der Waals surface area contributed by atoms with Crippen LogP contribution in [0.1, 0.15) is 35.3 Å². The monoisotopic (exact) mass is 376 g/mol. The molecule has 0 aromatic heterocycles. The number of hydrogen-bond donors (Lipinski definition) is 2. The molecule has 0 saturated heterocycles. The van der Waals surface area contributed by atoms with Gasteiger partial charge < -0.3 is 14.6 Å². The zero-order valence-corrected chi connectivity index (χ0v) is 15.6. The van der Waals surface area contributed by atoms with Gasteiger partial charge in [0.15, 0.2) is 5.43 Å². The average molecular weight is 376 g/mol. The molecule has 0 radical (unpaired) electrons. The summed E-state index contributed by atoms with van der Waals surface area (Å²) in [7, 11) is 0. The first-order valence-electron chi connectivity index (χ1n) is 9.02. The number of carboxylic acid groups (broad SMARTS) is 1. The molecular weight excluding hydrogens is 356 g/mol. The number of fused-ring (bicyclic) bond motifs is 2. The second-order valence-electron chi connectivity index (χ2n) is 6.06. The number of rotatable bonds is 3. The fourth-order valence-electron chi connectivity index (χ4n) is 3.21. The maximum absolute atomic E-state index is 11.7. The van der Waals surface area contributed by atoms with Crippen LogP contribution in [0.3, 0.4) is 0 Å². The molecule has 1 aliphatic carbocycles. The Morgan fingerprint density at radius 1 is 1.00 bits per heavy atom. The molecular formula is C23H20O5. The highest BCUT2D eigenvalue weighted by atomic mass is 16.4. The van der Waals surface area contributed by atoms with Gasteiger partial charge in [-0.1, -0.05) is 32.0 Å². The molecule has 0 spiro atoms. The molecule has 0 fully saturated rings. The van der Waals surface area contributed by atoms with Crippen molar-refractivity contribution >= 4 is 16.9 Å². The Labute approximate surface area is 161 Å². The van der Waals surface area contributed by atoms with Crippen molar-refractivity contribution in [3.8, 4) is 17.1 Å². The van der Waals surface area contributed by atoms with Gasteiger partial charge in [0.05, 0.1) is 5.56 Å². The van der Waals surface area contributed by atoms with Crippen molar-refractivity contribution in [2.45, 2.75) is 20.3 Å². The topological polar surface area (TPSA) is 87.7 Å². The number of carbonyl (C=O) groups is 1. The van der Waals surface area contributed by atoms with E-state index in [0.29, 0.717) is 23.3 Å². The maximum atomic E-state index is 11.7. The molecule has 142 valence electrons. The van der Waals surface area contributed by atoms with Crippen LogP contribution in [-0.2, 0) is 6.42 Å². The fraction of sp³-hybridized carbons (Fsp3) is 0.130. The van der Waals surface area contributed by atoms with Crippen LogP contribution in [-0.4, -0.2) is 16.2 Å². The maximum Gasteiger partial charge on any atom is 0.335 e. The fourth-order valence-corrected chi connectivity index (χ4v) is 3.21. The third kappa shape index (κ3) is 3.60. The Morgan fingerprint density at radius 3 is 2.50 bits per heavy atom. The molecule has 2 aromatic carbocycles. The average Bonchev–Trinajstić information content (AvgIpc) is 2.69. The molecule has 0 unspecified atom stereocenters. The van der Waals surface area contributed by atoms with Crippen molar-refractivity contribution in [2.75, 3.05) is 0 Å². The lowest BCUT2D eigenvalue weighted by atomic mass is 9.92. The standard InChI is InChI=1S/C21H14O5.C2H6/c22-13-5-7-16-18(9-12-3-1-2-4-15(12)21(24)25)17-8-6-14(23)11-20(17)26-19(16)10-13;1-2/h1-8,10-11,22H,9H2,(H,24,25);1-2H3. The molecule has 0 bridgehead atoms. The molecule has 5 heteroatoms. The van der Waals surface area contributed by atoms with Crippen molar-refractivity contribution in [3.05, 3.63) is 87.6 Å². The summed E-state index contributed by atoms with van der Waals surface area (Å²) < 4.78 is 5.79. The Bertz CT molecular complexity index is 1170. The van der Waals surface area contributed by atoms with Crippen LogP contribution in [0.25, 0.3) is 22.3 Å². The van der Waals surface area contributed by atoms with Crippen LogP contribution >= 0.6 is 0 Å². The van der Waals surface area contributed by atoms with E-state index in [4.69, 9.17) is 4.42 Å². The first-order chi connectivity index (χ1) is 13.5. The summed E-state index contributed by atoms with van der Waals surface area (Å²) in [5, 5.41) is 20.0. The van der Waals surface area contributed by atoms with Gasteiger partial charge in [0.25, 0.3) is 0 Å². The first-order valence-corrected chi connectivity index (χ1v) is 9.02. The molecule has 4 rings (SSSR count). The minimum Gasteiger partial charge on any atom is -0.508 e. The molecule has 0 saturated carbocycles. The van der Waals surface area contributed by atoms with E-state index in [9.17, 15) is 19.8 Å². The van der Waals surface area contributed by atoms with E-state index in [0.717, 1.165) is 16.5 Å². The van der Waals surface area contributed by atoms with Gasteiger partial charge in [-0.2, -0.15) is 0 Å². The van der Waals surface area contributed by atoms with Crippen LogP contribution in [0.15, 0.2) is 69.9 Å².